The summed E-state index contributed by atoms with van der Waals surface area (Å²) in [5, 5.41) is 10.0. The Kier molecular flexibility index (Phi) is 6.83. The molecule has 162 valence electrons. The molecule has 0 atom stereocenters. The topological polar surface area (TPSA) is 60.2 Å². The third-order valence-corrected chi connectivity index (χ3v) is 6.72. The van der Waals surface area contributed by atoms with E-state index in [0.29, 0.717) is 23.9 Å². The minimum absolute atomic E-state index is 0.0947. The number of thioether (sulfide) groups is 1. The van der Waals surface area contributed by atoms with E-state index >= 15 is 0 Å². The molecule has 0 aliphatic carbocycles. The molecule has 1 amide bonds. The van der Waals surface area contributed by atoms with Crippen LogP contribution in [0.5, 0.6) is 5.75 Å². The first-order valence-electron chi connectivity index (χ1n) is 10.4. The van der Waals surface area contributed by atoms with Gasteiger partial charge < -0.3 is 14.2 Å². The molecule has 2 heterocycles. The summed E-state index contributed by atoms with van der Waals surface area (Å²) >= 11 is 7.50. The third kappa shape index (κ3) is 4.88. The maximum atomic E-state index is 12.9. The monoisotopic (exact) mass is 456 g/mol. The van der Waals surface area contributed by atoms with Crippen molar-refractivity contribution >= 4 is 35.0 Å². The van der Waals surface area contributed by atoms with Gasteiger partial charge in [-0.3, -0.25) is 4.79 Å². The quantitative estimate of drug-likeness (QED) is 0.473. The average Bonchev–Trinajstić information content (AvgIpc) is 3.19. The molecule has 0 saturated heterocycles. The van der Waals surface area contributed by atoms with Gasteiger partial charge in [0.25, 0.3) is 0 Å². The Bertz CT molecular complexity index is 1090. The summed E-state index contributed by atoms with van der Waals surface area (Å²) in [6.07, 6.45) is 2.01. The van der Waals surface area contributed by atoms with Crippen LogP contribution in [-0.2, 0) is 24.4 Å². The van der Waals surface area contributed by atoms with Crippen molar-refractivity contribution < 1.29 is 9.53 Å². The first kappa shape index (κ1) is 21.7. The second-order valence-corrected chi connectivity index (χ2v) is 8.76. The van der Waals surface area contributed by atoms with Crippen LogP contribution in [0, 0.1) is 6.92 Å². The second-order valence-electron chi connectivity index (χ2n) is 7.41. The molecule has 1 aromatic heterocycles. The highest BCUT2D eigenvalue weighted by Crippen LogP contribution is 2.28. The van der Waals surface area contributed by atoms with Gasteiger partial charge in [-0.05, 0) is 62.1 Å². The van der Waals surface area contributed by atoms with Gasteiger partial charge in [0.15, 0.2) is 11.0 Å². The molecule has 0 radical (unpaired) electrons. The standard InChI is InChI=1S/C23H25ClN4O2S/c1-3-27-21(14-30-18-10-11-19(24)16(2)13-18)25-26-23(27)31-15-22(29)28-12-6-8-17-7-4-5-9-20(17)28/h4-5,7,9-11,13H,3,6,8,12,14-15H2,1-2H3. The average molecular weight is 457 g/mol. The highest BCUT2D eigenvalue weighted by molar-refractivity contribution is 7.99. The van der Waals surface area contributed by atoms with Gasteiger partial charge in [0.05, 0.1) is 5.75 Å². The number of benzene rings is 2. The number of anilines is 1. The second kappa shape index (κ2) is 9.75. The van der Waals surface area contributed by atoms with Crippen LogP contribution in [-0.4, -0.2) is 33.0 Å². The normalized spacial score (nSPS) is 13.2. The van der Waals surface area contributed by atoms with E-state index < -0.39 is 0 Å². The number of nitrogens with zero attached hydrogens (tertiary/aromatic N) is 4. The molecule has 4 rings (SSSR count). The molecule has 0 spiro atoms. The van der Waals surface area contributed by atoms with Crippen molar-refractivity contribution in [1.29, 1.82) is 0 Å². The summed E-state index contributed by atoms with van der Waals surface area (Å²) in [6, 6.07) is 13.7. The highest BCUT2D eigenvalue weighted by atomic mass is 35.5. The van der Waals surface area contributed by atoms with Gasteiger partial charge in [0.1, 0.15) is 12.4 Å². The van der Waals surface area contributed by atoms with E-state index in [4.69, 9.17) is 16.3 Å². The van der Waals surface area contributed by atoms with Gasteiger partial charge in [-0.25, -0.2) is 0 Å². The van der Waals surface area contributed by atoms with Gasteiger partial charge in [-0.1, -0.05) is 41.6 Å². The van der Waals surface area contributed by atoms with Crippen molar-refractivity contribution in [3.8, 4) is 5.75 Å². The van der Waals surface area contributed by atoms with Crippen LogP contribution in [0.2, 0.25) is 5.02 Å². The lowest BCUT2D eigenvalue weighted by Gasteiger charge is -2.29. The summed E-state index contributed by atoms with van der Waals surface area (Å²) in [5.74, 6) is 1.88. The van der Waals surface area contributed by atoms with E-state index in [1.54, 1.807) is 0 Å². The Hall–Kier alpha value is -2.51. The number of halogens is 1. The molecule has 31 heavy (non-hydrogen) atoms. The Morgan fingerprint density at radius 1 is 1.23 bits per heavy atom. The van der Waals surface area contributed by atoms with Gasteiger partial charge in [-0.2, -0.15) is 0 Å². The molecule has 0 unspecified atom stereocenters. The van der Waals surface area contributed by atoms with Crippen molar-refractivity contribution in [1.82, 2.24) is 14.8 Å². The molecule has 1 aliphatic rings. The Balaban J connectivity index is 1.40. The number of rotatable bonds is 7. The van der Waals surface area contributed by atoms with E-state index in [1.165, 1.54) is 17.3 Å². The molecule has 8 heteroatoms. The van der Waals surface area contributed by atoms with Gasteiger partial charge in [-0.15, -0.1) is 10.2 Å². The summed E-state index contributed by atoms with van der Waals surface area (Å²) in [4.78, 5) is 14.8. The Labute approximate surface area is 191 Å². The SMILES string of the molecule is CCn1c(COc2ccc(Cl)c(C)c2)nnc1SCC(=O)N1CCCc2ccccc21. The van der Waals surface area contributed by atoms with Crippen molar-refractivity contribution in [3.63, 3.8) is 0 Å². The molecule has 0 bridgehead atoms. The number of carbonyl (C=O) groups excluding carboxylic acids is 1. The number of para-hydroxylation sites is 1. The molecule has 0 fully saturated rings. The van der Waals surface area contributed by atoms with E-state index in [9.17, 15) is 4.79 Å². The lowest BCUT2D eigenvalue weighted by atomic mass is 10.0. The van der Waals surface area contributed by atoms with Crippen LogP contribution in [0.4, 0.5) is 5.69 Å². The number of hydrogen-bond donors (Lipinski definition) is 0. The summed E-state index contributed by atoms with van der Waals surface area (Å²) in [6.45, 7) is 5.74. The summed E-state index contributed by atoms with van der Waals surface area (Å²) in [7, 11) is 0. The van der Waals surface area contributed by atoms with Gasteiger partial charge in [0.2, 0.25) is 5.91 Å². The zero-order valence-corrected chi connectivity index (χ0v) is 19.2. The molecular weight excluding hydrogens is 432 g/mol. The first-order chi connectivity index (χ1) is 15.1. The third-order valence-electron chi connectivity index (χ3n) is 5.34. The zero-order valence-electron chi connectivity index (χ0n) is 17.7. The van der Waals surface area contributed by atoms with E-state index in [-0.39, 0.29) is 5.91 Å². The number of ether oxygens (including phenoxy) is 1. The number of aromatic nitrogens is 3. The molecule has 0 N–H and O–H groups in total. The minimum Gasteiger partial charge on any atom is -0.486 e. The number of amides is 1. The van der Waals surface area contributed by atoms with Crippen LogP contribution in [0.1, 0.15) is 30.3 Å². The van der Waals surface area contributed by atoms with E-state index in [0.717, 1.165) is 47.4 Å². The van der Waals surface area contributed by atoms with Crippen molar-refractivity contribution in [3.05, 3.63) is 64.4 Å². The molecule has 6 nitrogen and oxygen atoms in total. The maximum Gasteiger partial charge on any atom is 0.237 e. The Morgan fingerprint density at radius 3 is 2.87 bits per heavy atom. The van der Waals surface area contributed by atoms with Gasteiger partial charge >= 0.3 is 0 Å². The number of aryl methyl sites for hydroxylation is 2. The number of carbonyl (C=O) groups is 1. The van der Waals surface area contributed by atoms with Crippen molar-refractivity contribution in [2.45, 2.75) is 45.0 Å². The fraction of sp³-hybridized carbons (Fsp3) is 0.348. The molecular formula is C23H25ClN4O2S. The van der Waals surface area contributed by atoms with Crippen LogP contribution >= 0.6 is 23.4 Å². The predicted molar refractivity (Wildman–Crippen MR) is 124 cm³/mol. The largest absolute Gasteiger partial charge is 0.486 e. The maximum absolute atomic E-state index is 12.9. The lowest BCUT2D eigenvalue weighted by Crippen LogP contribution is -2.36. The van der Waals surface area contributed by atoms with Crippen LogP contribution in [0.3, 0.4) is 0 Å². The van der Waals surface area contributed by atoms with Crippen LogP contribution in [0.15, 0.2) is 47.6 Å². The highest BCUT2D eigenvalue weighted by Gasteiger charge is 2.23. The zero-order chi connectivity index (χ0) is 21.8. The van der Waals surface area contributed by atoms with Gasteiger partial charge in [0, 0.05) is 23.8 Å². The smallest absolute Gasteiger partial charge is 0.237 e. The van der Waals surface area contributed by atoms with Crippen molar-refractivity contribution in [2.24, 2.45) is 0 Å². The fourth-order valence-corrected chi connectivity index (χ4v) is 4.72. The molecule has 3 aromatic rings. The fourth-order valence-electron chi connectivity index (χ4n) is 3.70. The van der Waals surface area contributed by atoms with Crippen molar-refractivity contribution in [2.75, 3.05) is 17.2 Å². The first-order valence-corrected chi connectivity index (χ1v) is 11.7. The summed E-state index contributed by atoms with van der Waals surface area (Å²) in [5.41, 5.74) is 3.23. The predicted octanol–water partition coefficient (Wildman–Crippen LogP) is 4.91. The van der Waals surface area contributed by atoms with Crippen LogP contribution in [0.25, 0.3) is 0 Å². The summed E-state index contributed by atoms with van der Waals surface area (Å²) < 4.78 is 7.87. The molecule has 0 saturated carbocycles. The molecule has 1 aliphatic heterocycles. The minimum atomic E-state index is 0.0947. The number of fused-ring (bicyclic) bond motifs is 1. The van der Waals surface area contributed by atoms with Crippen LogP contribution < -0.4 is 9.64 Å². The van der Waals surface area contributed by atoms with E-state index in [2.05, 4.69) is 16.3 Å². The van der Waals surface area contributed by atoms with E-state index in [1.807, 2.05) is 59.7 Å². The number of hydrogen-bond acceptors (Lipinski definition) is 5. The lowest BCUT2D eigenvalue weighted by molar-refractivity contribution is -0.116. The molecule has 2 aromatic carbocycles. The Morgan fingerprint density at radius 2 is 2.06 bits per heavy atom.